The average molecular weight is 351 g/mol. The number of thiophene rings is 1. The molecule has 6 heteroatoms. The number of rotatable bonds is 5. The summed E-state index contributed by atoms with van der Waals surface area (Å²) in [5, 5.41) is 5.67. The number of hydrogen-bond acceptors (Lipinski definition) is 4. The minimum Gasteiger partial charge on any atom is -0.379 e. The summed E-state index contributed by atoms with van der Waals surface area (Å²) in [5.74, 6) is -0.0367. The summed E-state index contributed by atoms with van der Waals surface area (Å²) >= 11 is 7.83. The lowest BCUT2D eigenvalue weighted by molar-refractivity contribution is 0.0162. The fourth-order valence-corrected chi connectivity index (χ4v) is 3.66. The Balaban J connectivity index is 1.75. The first-order valence-corrected chi connectivity index (χ1v) is 8.89. The number of carbonyl (C=O) groups is 1. The molecule has 1 aromatic carbocycles. The first-order valence-electron chi connectivity index (χ1n) is 7.63. The normalized spacial score (nSPS) is 16.9. The van der Waals surface area contributed by atoms with Crippen LogP contribution in [0.25, 0.3) is 0 Å². The topological polar surface area (TPSA) is 41.6 Å². The van der Waals surface area contributed by atoms with Crippen molar-refractivity contribution in [1.29, 1.82) is 0 Å². The highest BCUT2D eigenvalue weighted by Gasteiger charge is 2.25. The van der Waals surface area contributed by atoms with Gasteiger partial charge in [0.15, 0.2) is 0 Å². The van der Waals surface area contributed by atoms with Crippen LogP contribution in [0.4, 0.5) is 0 Å². The van der Waals surface area contributed by atoms with Crippen molar-refractivity contribution in [2.45, 2.75) is 6.04 Å². The minimum atomic E-state index is -0.0367. The number of morpholine rings is 1. The molecule has 2 aromatic rings. The molecule has 0 radical (unpaired) electrons. The van der Waals surface area contributed by atoms with Crippen LogP contribution in [0, 0.1) is 0 Å². The molecule has 1 aliphatic rings. The number of carbonyl (C=O) groups excluding carboxylic acids is 1. The predicted octanol–water partition coefficient (Wildman–Crippen LogP) is 3.20. The largest absolute Gasteiger partial charge is 0.379 e. The lowest BCUT2D eigenvalue weighted by Gasteiger charge is -2.35. The van der Waals surface area contributed by atoms with Gasteiger partial charge in [0.1, 0.15) is 0 Å². The van der Waals surface area contributed by atoms with Gasteiger partial charge >= 0.3 is 0 Å². The molecule has 0 bridgehead atoms. The molecule has 0 spiro atoms. The summed E-state index contributed by atoms with van der Waals surface area (Å²) in [6.45, 7) is 3.62. The van der Waals surface area contributed by atoms with E-state index in [0.29, 0.717) is 19.8 Å². The van der Waals surface area contributed by atoms with Gasteiger partial charge in [-0.05, 0) is 23.1 Å². The van der Waals surface area contributed by atoms with E-state index in [9.17, 15) is 4.79 Å². The molecule has 23 heavy (non-hydrogen) atoms. The van der Waals surface area contributed by atoms with Crippen LogP contribution in [0.5, 0.6) is 0 Å². The maximum Gasteiger partial charge on any atom is 0.261 e. The highest BCUT2D eigenvalue weighted by molar-refractivity contribution is 7.12. The van der Waals surface area contributed by atoms with Gasteiger partial charge in [0.2, 0.25) is 0 Å². The van der Waals surface area contributed by atoms with Gasteiger partial charge in [-0.3, -0.25) is 9.69 Å². The summed E-state index contributed by atoms with van der Waals surface area (Å²) in [4.78, 5) is 15.3. The zero-order chi connectivity index (χ0) is 16.1. The van der Waals surface area contributed by atoms with E-state index in [-0.39, 0.29) is 11.9 Å². The quantitative estimate of drug-likeness (QED) is 0.900. The minimum absolute atomic E-state index is 0.0367. The van der Waals surface area contributed by atoms with Crippen molar-refractivity contribution in [3.63, 3.8) is 0 Å². The van der Waals surface area contributed by atoms with Gasteiger partial charge < -0.3 is 10.1 Å². The van der Waals surface area contributed by atoms with E-state index < -0.39 is 0 Å². The van der Waals surface area contributed by atoms with Crippen LogP contribution in [-0.2, 0) is 4.74 Å². The van der Waals surface area contributed by atoms with E-state index in [0.717, 1.165) is 28.6 Å². The molecule has 122 valence electrons. The van der Waals surface area contributed by atoms with Crippen molar-refractivity contribution >= 4 is 28.8 Å². The molecular weight excluding hydrogens is 332 g/mol. The van der Waals surface area contributed by atoms with Crippen molar-refractivity contribution in [1.82, 2.24) is 10.2 Å². The molecule has 1 fully saturated rings. The second kappa shape index (κ2) is 7.93. The lowest BCUT2D eigenvalue weighted by Crippen LogP contribution is -2.43. The van der Waals surface area contributed by atoms with Crippen LogP contribution in [0.3, 0.4) is 0 Å². The average Bonchev–Trinajstić information content (AvgIpc) is 3.12. The van der Waals surface area contributed by atoms with Crippen molar-refractivity contribution < 1.29 is 9.53 Å². The van der Waals surface area contributed by atoms with E-state index >= 15 is 0 Å². The molecule has 0 aliphatic carbocycles. The summed E-state index contributed by atoms with van der Waals surface area (Å²) in [6.07, 6.45) is 0. The molecule has 1 atom stereocenters. The molecule has 2 heterocycles. The second-order valence-electron chi connectivity index (χ2n) is 5.37. The van der Waals surface area contributed by atoms with Gasteiger partial charge in [-0.15, -0.1) is 11.3 Å². The Morgan fingerprint density at radius 3 is 2.74 bits per heavy atom. The SMILES string of the molecule is O=C(NC[C@H](c1ccccc1Cl)N1CCOCC1)c1cccs1. The van der Waals surface area contributed by atoms with Crippen LogP contribution in [-0.4, -0.2) is 43.7 Å². The van der Waals surface area contributed by atoms with E-state index in [2.05, 4.69) is 10.2 Å². The highest BCUT2D eigenvalue weighted by atomic mass is 35.5. The van der Waals surface area contributed by atoms with Crippen molar-refractivity contribution in [2.24, 2.45) is 0 Å². The molecule has 4 nitrogen and oxygen atoms in total. The lowest BCUT2D eigenvalue weighted by atomic mass is 10.0. The molecule has 1 saturated heterocycles. The molecule has 1 aromatic heterocycles. The van der Waals surface area contributed by atoms with Gasteiger partial charge in [-0.25, -0.2) is 0 Å². The summed E-state index contributed by atoms with van der Waals surface area (Å²) in [6, 6.07) is 11.6. The third-order valence-corrected chi connectivity index (χ3v) is 5.16. The molecule has 1 N–H and O–H groups in total. The van der Waals surface area contributed by atoms with Gasteiger partial charge in [0, 0.05) is 24.7 Å². The van der Waals surface area contributed by atoms with E-state index in [1.807, 2.05) is 41.8 Å². The van der Waals surface area contributed by atoms with Crippen molar-refractivity contribution in [2.75, 3.05) is 32.8 Å². The summed E-state index contributed by atoms with van der Waals surface area (Å²) in [7, 11) is 0. The number of nitrogens with zero attached hydrogens (tertiary/aromatic N) is 1. The van der Waals surface area contributed by atoms with Crippen LogP contribution in [0.1, 0.15) is 21.3 Å². The van der Waals surface area contributed by atoms with Gasteiger partial charge in [0.25, 0.3) is 5.91 Å². The summed E-state index contributed by atoms with van der Waals surface area (Å²) < 4.78 is 5.44. The van der Waals surface area contributed by atoms with E-state index in [1.165, 1.54) is 11.3 Å². The Bertz CT molecular complexity index is 642. The Kier molecular flexibility index (Phi) is 5.67. The molecule has 1 amide bonds. The molecule has 0 saturated carbocycles. The predicted molar refractivity (Wildman–Crippen MR) is 93.2 cm³/mol. The van der Waals surface area contributed by atoms with Crippen LogP contribution < -0.4 is 5.32 Å². The Morgan fingerprint density at radius 1 is 1.26 bits per heavy atom. The highest BCUT2D eigenvalue weighted by Crippen LogP contribution is 2.27. The Labute approximate surface area is 145 Å². The monoisotopic (exact) mass is 350 g/mol. The van der Waals surface area contributed by atoms with Crippen molar-refractivity contribution in [3.05, 3.63) is 57.2 Å². The Hall–Kier alpha value is -1.40. The first kappa shape index (κ1) is 16.5. The third-order valence-electron chi connectivity index (χ3n) is 3.95. The third kappa shape index (κ3) is 4.12. The number of amides is 1. The molecule has 0 unspecified atom stereocenters. The van der Waals surface area contributed by atoms with Crippen molar-refractivity contribution in [3.8, 4) is 0 Å². The smallest absolute Gasteiger partial charge is 0.261 e. The fourth-order valence-electron chi connectivity index (χ4n) is 2.75. The fraction of sp³-hybridized carbons (Fsp3) is 0.353. The number of halogens is 1. The van der Waals surface area contributed by atoms with E-state index in [1.54, 1.807) is 0 Å². The van der Waals surface area contributed by atoms with Crippen LogP contribution >= 0.6 is 22.9 Å². The number of ether oxygens (including phenoxy) is 1. The first-order chi connectivity index (χ1) is 11.3. The van der Waals surface area contributed by atoms with E-state index in [4.69, 9.17) is 16.3 Å². The molecule has 1 aliphatic heterocycles. The van der Waals surface area contributed by atoms with Gasteiger partial charge in [0.05, 0.1) is 24.1 Å². The van der Waals surface area contributed by atoms with Gasteiger partial charge in [-0.2, -0.15) is 0 Å². The second-order valence-corrected chi connectivity index (χ2v) is 6.73. The van der Waals surface area contributed by atoms with Crippen LogP contribution in [0.2, 0.25) is 5.02 Å². The Morgan fingerprint density at radius 2 is 2.04 bits per heavy atom. The molecule has 3 rings (SSSR count). The maximum atomic E-state index is 12.2. The maximum absolute atomic E-state index is 12.2. The standard InChI is InChI=1S/C17H19ClN2O2S/c18-14-5-2-1-4-13(14)15(20-7-9-22-10-8-20)12-19-17(21)16-6-3-11-23-16/h1-6,11,15H,7-10,12H2,(H,19,21)/t15-/m1/s1. The van der Waals surface area contributed by atoms with Crippen LogP contribution in [0.15, 0.2) is 41.8 Å². The zero-order valence-corrected chi connectivity index (χ0v) is 14.3. The number of hydrogen-bond donors (Lipinski definition) is 1. The van der Waals surface area contributed by atoms with Gasteiger partial charge in [-0.1, -0.05) is 35.9 Å². The zero-order valence-electron chi connectivity index (χ0n) is 12.7. The molecular formula is C17H19ClN2O2S. The number of nitrogens with one attached hydrogen (secondary N) is 1. The summed E-state index contributed by atoms with van der Waals surface area (Å²) in [5.41, 5.74) is 1.04. The number of benzene rings is 1.